The summed E-state index contributed by atoms with van der Waals surface area (Å²) in [7, 11) is 0. The Morgan fingerprint density at radius 1 is 1.45 bits per heavy atom. The lowest BCUT2D eigenvalue weighted by Crippen LogP contribution is -2.64. The van der Waals surface area contributed by atoms with Crippen molar-refractivity contribution in [2.45, 2.75) is 52.2 Å². The third kappa shape index (κ3) is 1.57. The lowest BCUT2D eigenvalue weighted by atomic mass is 9.63. The number of nitrogens with one attached hydrogen (secondary N) is 1. The van der Waals surface area contributed by atoms with Crippen LogP contribution in [0.5, 0.6) is 0 Å². The molecule has 2 heteroatoms. The van der Waals surface area contributed by atoms with Crippen LogP contribution in [0.2, 0.25) is 0 Å². The van der Waals surface area contributed by atoms with Gasteiger partial charge in [0.25, 0.3) is 0 Å². The van der Waals surface area contributed by atoms with Gasteiger partial charge in [-0.25, -0.2) is 0 Å². The van der Waals surface area contributed by atoms with Gasteiger partial charge in [0.15, 0.2) is 0 Å². The van der Waals surface area contributed by atoms with E-state index in [0.717, 1.165) is 6.42 Å². The summed E-state index contributed by atoms with van der Waals surface area (Å²) in [6, 6.07) is 1.59. The standard InChI is InChI=1S/C9H20N2/c1-6(2)11-8-5-7(10)9(8,3)4/h6-8,11H,5,10H2,1-4H3. The average Bonchev–Trinajstić information content (AvgIpc) is 1.87. The van der Waals surface area contributed by atoms with Crippen molar-refractivity contribution in [2.24, 2.45) is 11.1 Å². The Hall–Kier alpha value is -0.0800. The first-order chi connectivity index (χ1) is 4.94. The molecule has 0 radical (unpaired) electrons. The summed E-state index contributed by atoms with van der Waals surface area (Å²) < 4.78 is 0. The third-order valence-corrected chi connectivity index (χ3v) is 2.88. The summed E-state index contributed by atoms with van der Waals surface area (Å²) in [5.74, 6) is 0. The maximum Gasteiger partial charge on any atom is 0.0150 e. The predicted molar refractivity (Wildman–Crippen MR) is 48.4 cm³/mol. The van der Waals surface area contributed by atoms with Crippen LogP contribution in [-0.4, -0.2) is 18.1 Å². The monoisotopic (exact) mass is 156 g/mol. The summed E-state index contributed by atoms with van der Waals surface area (Å²) >= 11 is 0. The van der Waals surface area contributed by atoms with E-state index in [9.17, 15) is 0 Å². The lowest BCUT2D eigenvalue weighted by molar-refractivity contribution is 0.0674. The second kappa shape index (κ2) is 2.76. The summed E-state index contributed by atoms with van der Waals surface area (Å²) in [4.78, 5) is 0. The van der Waals surface area contributed by atoms with Crippen molar-refractivity contribution in [3.05, 3.63) is 0 Å². The van der Waals surface area contributed by atoms with Gasteiger partial charge in [-0.15, -0.1) is 0 Å². The Balaban J connectivity index is 2.40. The lowest BCUT2D eigenvalue weighted by Gasteiger charge is -2.51. The fraction of sp³-hybridized carbons (Fsp3) is 1.00. The van der Waals surface area contributed by atoms with Gasteiger partial charge in [0.2, 0.25) is 0 Å². The molecule has 0 aliphatic heterocycles. The molecule has 0 aromatic rings. The van der Waals surface area contributed by atoms with Crippen LogP contribution >= 0.6 is 0 Å². The predicted octanol–water partition coefficient (Wildman–Crippen LogP) is 1.11. The van der Waals surface area contributed by atoms with E-state index in [-0.39, 0.29) is 0 Å². The highest BCUT2D eigenvalue weighted by Gasteiger charge is 2.45. The molecular weight excluding hydrogens is 136 g/mol. The van der Waals surface area contributed by atoms with Crippen molar-refractivity contribution >= 4 is 0 Å². The summed E-state index contributed by atoms with van der Waals surface area (Å²) in [6.07, 6.45) is 1.13. The molecular formula is C9H20N2. The molecule has 1 aliphatic rings. The molecule has 2 unspecified atom stereocenters. The second-order valence-corrected chi connectivity index (χ2v) is 4.54. The molecule has 0 heterocycles. The van der Waals surface area contributed by atoms with Crippen molar-refractivity contribution in [1.82, 2.24) is 5.32 Å². The summed E-state index contributed by atoms with van der Waals surface area (Å²) in [5, 5.41) is 3.52. The molecule has 2 nitrogen and oxygen atoms in total. The van der Waals surface area contributed by atoms with E-state index in [1.807, 2.05) is 0 Å². The zero-order valence-electron chi connectivity index (χ0n) is 8.02. The average molecular weight is 156 g/mol. The molecule has 66 valence electrons. The number of hydrogen-bond donors (Lipinski definition) is 2. The van der Waals surface area contributed by atoms with Gasteiger partial charge in [0.05, 0.1) is 0 Å². The number of hydrogen-bond acceptors (Lipinski definition) is 2. The van der Waals surface area contributed by atoms with E-state index < -0.39 is 0 Å². The second-order valence-electron chi connectivity index (χ2n) is 4.54. The minimum Gasteiger partial charge on any atom is -0.327 e. The molecule has 0 aromatic carbocycles. The van der Waals surface area contributed by atoms with Crippen molar-refractivity contribution < 1.29 is 0 Å². The fourth-order valence-electron chi connectivity index (χ4n) is 1.64. The number of rotatable bonds is 2. The summed E-state index contributed by atoms with van der Waals surface area (Å²) in [6.45, 7) is 8.84. The normalized spacial score (nSPS) is 35.5. The Labute approximate surface area is 69.5 Å². The highest BCUT2D eigenvalue weighted by Crippen LogP contribution is 2.39. The van der Waals surface area contributed by atoms with Crippen molar-refractivity contribution in [1.29, 1.82) is 0 Å². The molecule has 0 amide bonds. The van der Waals surface area contributed by atoms with Crippen LogP contribution in [0.25, 0.3) is 0 Å². The maximum atomic E-state index is 5.88. The van der Waals surface area contributed by atoms with E-state index in [0.29, 0.717) is 23.5 Å². The molecule has 1 fully saturated rings. The largest absolute Gasteiger partial charge is 0.327 e. The zero-order chi connectivity index (χ0) is 8.65. The molecule has 0 saturated heterocycles. The van der Waals surface area contributed by atoms with E-state index in [4.69, 9.17) is 5.73 Å². The Bertz CT molecular complexity index is 140. The van der Waals surface area contributed by atoms with Crippen LogP contribution in [0.15, 0.2) is 0 Å². The van der Waals surface area contributed by atoms with Gasteiger partial charge in [0.1, 0.15) is 0 Å². The number of nitrogens with two attached hydrogens (primary N) is 1. The molecule has 1 rings (SSSR count). The SMILES string of the molecule is CC(C)NC1CC(N)C1(C)C. The van der Waals surface area contributed by atoms with Crippen LogP contribution in [0.3, 0.4) is 0 Å². The van der Waals surface area contributed by atoms with Crippen LogP contribution < -0.4 is 11.1 Å². The molecule has 11 heavy (non-hydrogen) atoms. The van der Waals surface area contributed by atoms with Crippen LogP contribution in [0.4, 0.5) is 0 Å². The van der Waals surface area contributed by atoms with Crippen LogP contribution in [-0.2, 0) is 0 Å². The highest BCUT2D eigenvalue weighted by atomic mass is 15.0. The van der Waals surface area contributed by atoms with Gasteiger partial charge in [0, 0.05) is 18.1 Å². The molecule has 0 bridgehead atoms. The van der Waals surface area contributed by atoms with Crippen molar-refractivity contribution in [3.8, 4) is 0 Å². The molecule has 1 aliphatic carbocycles. The topological polar surface area (TPSA) is 38.0 Å². The Kier molecular flexibility index (Phi) is 2.26. The van der Waals surface area contributed by atoms with Gasteiger partial charge in [-0.2, -0.15) is 0 Å². The van der Waals surface area contributed by atoms with Gasteiger partial charge in [-0.05, 0) is 11.8 Å². The van der Waals surface area contributed by atoms with Gasteiger partial charge < -0.3 is 11.1 Å². The van der Waals surface area contributed by atoms with E-state index in [1.165, 1.54) is 0 Å². The molecule has 2 atom stereocenters. The Morgan fingerprint density at radius 3 is 2.27 bits per heavy atom. The van der Waals surface area contributed by atoms with Crippen LogP contribution in [0, 0.1) is 5.41 Å². The molecule has 0 spiro atoms. The molecule has 1 saturated carbocycles. The van der Waals surface area contributed by atoms with Gasteiger partial charge >= 0.3 is 0 Å². The van der Waals surface area contributed by atoms with Crippen molar-refractivity contribution in [3.63, 3.8) is 0 Å². The van der Waals surface area contributed by atoms with Gasteiger partial charge in [-0.3, -0.25) is 0 Å². The first kappa shape index (κ1) is 9.01. The molecule has 3 N–H and O–H groups in total. The first-order valence-electron chi connectivity index (χ1n) is 4.46. The van der Waals surface area contributed by atoms with E-state index >= 15 is 0 Å². The van der Waals surface area contributed by atoms with Crippen molar-refractivity contribution in [2.75, 3.05) is 0 Å². The fourth-order valence-corrected chi connectivity index (χ4v) is 1.64. The quantitative estimate of drug-likeness (QED) is 0.628. The van der Waals surface area contributed by atoms with Crippen LogP contribution in [0.1, 0.15) is 34.1 Å². The smallest absolute Gasteiger partial charge is 0.0150 e. The third-order valence-electron chi connectivity index (χ3n) is 2.88. The summed E-state index contributed by atoms with van der Waals surface area (Å²) in [5.41, 5.74) is 6.18. The van der Waals surface area contributed by atoms with E-state index in [1.54, 1.807) is 0 Å². The van der Waals surface area contributed by atoms with Gasteiger partial charge in [-0.1, -0.05) is 27.7 Å². The molecule has 0 aromatic heterocycles. The van der Waals surface area contributed by atoms with E-state index in [2.05, 4.69) is 33.0 Å². The minimum atomic E-state index is 0.296. The minimum absolute atomic E-state index is 0.296. The Morgan fingerprint density at radius 2 is 2.00 bits per heavy atom. The highest BCUT2D eigenvalue weighted by molar-refractivity contribution is 5.04. The first-order valence-corrected chi connectivity index (χ1v) is 4.46. The zero-order valence-corrected chi connectivity index (χ0v) is 8.02. The maximum absolute atomic E-state index is 5.88.